The van der Waals surface area contributed by atoms with Gasteiger partial charge in [0.15, 0.2) is 5.13 Å². The summed E-state index contributed by atoms with van der Waals surface area (Å²) in [5, 5.41) is 6.34. The van der Waals surface area contributed by atoms with E-state index in [1.54, 1.807) is 11.3 Å². The monoisotopic (exact) mass is 268 g/mol. The summed E-state index contributed by atoms with van der Waals surface area (Å²) in [6.45, 7) is 6.79. The van der Waals surface area contributed by atoms with Gasteiger partial charge in [-0.3, -0.25) is 5.32 Å². The number of rotatable bonds is 3. The van der Waals surface area contributed by atoms with Gasteiger partial charge in [-0.15, -0.1) is 11.3 Å². The molecule has 0 fully saturated rings. The van der Waals surface area contributed by atoms with Crippen LogP contribution in [0.4, 0.5) is 9.93 Å². The summed E-state index contributed by atoms with van der Waals surface area (Å²) in [7, 11) is 2.10. The lowest BCUT2D eigenvalue weighted by Gasteiger charge is -2.20. The van der Waals surface area contributed by atoms with Gasteiger partial charge in [-0.2, -0.15) is 0 Å². The first-order valence-corrected chi connectivity index (χ1v) is 7.08. The van der Waals surface area contributed by atoms with E-state index in [0.717, 1.165) is 25.2 Å². The highest BCUT2D eigenvalue weighted by atomic mass is 32.1. The van der Waals surface area contributed by atoms with E-state index < -0.39 is 0 Å². The third-order valence-corrected chi connectivity index (χ3v) is 3.81. The number of carbonyl (C=O) groups is 1. The van der Waals surface area contributed by atoms with Gasteiger partial charge in [0, 0.05) is 30.9 Å². The Bertz CT molecular complexity index is 430. The van der Waals surface area contributed by atoms with E-state index in [1.165, 1.54) is 4.88 Å². The first-order valence-electron chi connectivity index (χ1n) is 6.26. The number of anilines is 1. The van der Waals surface area contributed by atoms with Crippen molar-refractivity contribution in [1.29, 1.82) is 0 Å². The molecule has 1 aliphatic heterocycles. The van der Waals surface area contributed by atoms with Gasteiger partial charge >= 0.3 is 6.03 Å². The van der Waals surface area contributed by atoms with Crippen molar-refractivity contribution in [2.24, 2.45) is 5.92 Å². The Balaban J connectivity index is 1.92. The number of hydrogen-bond donors (Lipinski definition) is 2. The van der Waals surface area contributed by atoms with Gasteiger partial charge in [-0.1, -0.05) is 13.8 Å². The zero-order chi connectivity index (χ0) is 13.1. The highest BCUT2D eigenvalue weighted by Gasteiger charge is 2.18. The summed E-state index contributed by atoms with van der Waals surface area (Å²) < 4.78 is 0. The van der Waals surface area contributed by atoms with Crippen LogP contribution in [0.15, 0.2) is 0 Å². The molecule has 18 heavy (non-hydrogen) atoms. The number of nitrogens with zero attached hydrogens (tertiary/aromatic N) is 2. The van der Waals surface area contributed by atoms with Crippen LogP contribution < -0.4 is 10.6 Å². The second-order valence-electron chi connectivity index (χ2n) is 5.11. The zero-order valence-corrected chi connectivity index (χ0v) is 11.9. The number of carbonyl (C=O) groups excluding carboxylic acids is 1. The molecule has 0 aromatic carbocycles. The maximum atomic E-state index is 11.6. The van der Waals surface area contributed by atoms with E-state index in [1.807, 2.05) is 0 Å². The maximum Gasteiger partial charge on any atom is 0.321 e. The fraction of sp³-hybridized carbons (Fsp3) is 0.667. The van der Waals surface area contributed by atoms with Crippen LogP contribution in [-0.4, -0.2) is 36.1 Å². The van der Waals surface area contributed by atoms with Gasteiger partial charge < -0.3 is 10.2 Å². The van der Waals surface area contributed by atoms with Crippen LogP contribution in [0.3, 0.4) is 0 Å². The summed E-state index contributed by atoms with van der Waals surface area (Å²) in [5.74, 6) is 0.453. The first kappa shape index (κ1) is 13.3. The Hall–Kier alpha value is -1.14. The molecule has 1 aliphatic rings. The SMILES string of the molecule is CC(C)CNC(=O)Nc1nc2c(s1)CN(C)CC2. The van der Waals surface area contributed by atoms with Gasteiger partial charge in [0.1, 0.15) is 0 Å². The molecule has 0 radical (unpaired) electrons. The highest BCUT2D eigenvalue weighted by molar-refractivity contribution is 7.15. The minimum absolute atomic E-state index is 0.164. The molecular weight excluding hydrogens is 248 g/mol. The first-order chi connectivity index (χ1) is 8.54. The van der Waals surface area contributed by atoms with Gasteiger partial charge in [0.2, 0.25) is 0 Å². The summed E-state index contributed by atoms with van der Waals surface area (Å²) in [6, 6.07) is -0.164. The lowest BCUT2D eigenvalue weighted by atomic mass is 10.2. The Morgan fingerprint density at radius 3 is 3.06 bits per heavy atom. The lowest BCUT2D eigenvalue weighted by Crippen LogP contribution is -2.31. The number of thiazole rings is 1. The standard InChI is InChI=1S/C12H20N4OS/c1-8(2)6-13-11(17)15-12-14-9-4-5-16(3)7-10(9)18-12/h8H,4-7H2,1-3H3,(H2,13,14,15,17). The predicted octanol–water partition coefficient (Wildman–Crippen LogP) is 1.91. The van der Waals surface area contributed by atoms with E-state index in [-0.39, 0.29) is 6.03 Å². The Morgan fingerprint density at radius 2 is 2.33 bits per heavy atom. The summed E-state index contributed by atoms with van der Waals surface area (Å²) in [5.41, 5.74) is 1.14. The quantitative estimate of drug-likeness (QED) is 0.880. The zero-order valence-electron chi connectivity index (χ0n) is 11.1. The molecule has 2 rings (SSSR count). The van der Waals surface area contributed by atoms with Crippen LogP contribution in [-0.2, 0) is 13.0 Å². The van der Waals surface area contributed by atoms with E-state index >= 15 is 0 Å². The second kappa shape index (κ2) is 5.67. The molecule has 2 N–H and O–H groups in total. The molecule has 5 nitrogen and oxygen atoms in total. The van der Waals surface area contributed by atoms with E-state index in [9.17, 15) is 4.79 Å². The molecule has 2 heterocycles. The lowest BCUT2D eigenvalue weighted by molar-refractivity contribution is 0.251. The summed E-state index contributed by atoms with van der Waals surface area (Å²) in [4.78, 5) is 19.6. The Labute approximate surface area is 112 Å². The van der Waals surface area contributed by atoms with E-state index in [4.69, 9.17) is 0 Å². The molecule has 0 atom stereocenters. The Kier molecular flexibility index (Phi) is 4.19. The van der Waals surface area contributed by atoms with Crippen LogP contribution in [0.2, 0.25) is 0 Å². The second-order valence-corrected chi connectivity index (χ2v) is 6.19. The molecule has 0 unspecified atom stereocenters. The number of likely N-dealkylation sites (N-methyl/N-ethyl adjacent to an activating group) is 1. The number of amides is 2. The summed E-state index contributed by atoms with van der Waals surface area (Å²) in [6.07, 6.45) is 0.970. The van der Waals surface area contributed by atoms with Crippen LogP contribution in [0.25, 0.3) is 0 Å². The van der Waals surface area contributed by atoms with Crippen molar-refractivity contribution in [3.05, 3.63) is 10.6 Å². The van der Waals surface area contributed by atoms with Gasteiger partial charge in [-0.25, -0.2) is 9.78 Å². The molecular formula is C12H20N4OS. The van der Waals surface area contributed by atoms with Crippen LogP contribution in [0, 0.1) is 5.92 Å². The molecule has 0 spiro atoms. The highest BCUT2D eigenvalue weighted by Crippen LogP contribution is 2.27. The molecule has 0 saturated carbocycles. The normalized spacial score (nSPS) is 15.6. The smallest absolute Gasteiger partial charge is 0.321 e. The Morgan fingerprint density at radius 1 is 1.56 bits per heavy atom. The van der Waals surface area contributed by atoms with Crippen molar-refractivity contribution in [3.63, 3.8) is 0 Å². The average Bonchev–Trinajstić information content (AvgIpc) is 2.67. The van der Waals surface area contributed by atoms with Crippen molar-refractivity contribution < 1.29 is 4.79 Å². The minimum Gasteiger partial charge on any atom is -0.338 e. The minimum atomic E-state index is -0.164. The molecule has 100 valence electrons. The van der Waals surface area contributed by atoms with E-state index in [0.29, 0.717) is 17.6 Å². The van der Waals surface area contributed by atoms with Crippen molar-refractivity contribution in [1.82, 2.24) is 15.2 Å². The van der Waals surface area contributed by atoms with E-state index in [2.05, 4.69) is 41.4 Å². The largest absolute Gasteiger partial charge is 0.338 e. The molecule has 0 saturated heterocycles. The van der Waals surface area contributed by atoms with Crippen molar-refractivity contribution >= 4 is 22.5 Å². The molecule has 0 bridgehead atoms. The third-order valence-electron chi connectivity index (χ3n) is 2.81. The van der Waals surface area contributed by atoms with Gasteiger partial charge in [-0.05, 0) is 13.0 Å². The number of hydrogen-bond acceptors (Lipinski definition) is 4. The average molecular weight is 268 g/mol. The van der Waals surface area contributed by atoms with Crippen LogP contribution in [0.1, 0.15) is 24.4 Å². The maximum absolute atomic E-state index is 11.6. The fourth-order valence-corrected chi connectivity index (χ4v) is 2.90. The van der Waals surface area contributed by atoms with Crippen LogP contribution in [0.5, 0.6) is 0 Å². The van der Waals surface area contributed by atoms with Gasteiger partial charge in [0.05, 0.1) is 5.69 Å². The summed E-state index contributed by atoms with van der Waals surface area (Å²) >= 11 is 1.58. The third kappa shape index (κ3) is 3.43. The topological polar surface area (TPSA) is 57.3 Å². The number of aromatic nitrogens is 1. The molecule has 0 aliphatic carbocycles. The predicted molar refractivity (Wildman–Crippen MR) is 74.0 cm³/mol. The molecule has 1 aromatic heterocycles. The van der Waals surface area contributed by atoms with Crippen molar-refractivity contribution in [2.45, 2.75) is 26.8 Å². The number of urea groups is 1. The molecule has 6 heteroatoms. The fourth-order valence-electron chi connectivity index (χ4n) is 1.81. The number of fused-ring (bicyclic) bond motifs is 1. The number of nitrogens with one attached hydrogen (secondary N) is 2. The van der Waals surface area contributed by atoms with Gasteiger partial charge in [0.25, 0.3) is 0 Å². The van der Waals surface area contributed by atoms with Crippen molar-refractivity contribution in [3.8, 4) is 0 Å². The molecule has 2 amide bonds. The van der Waals surface area contributed by atoms with Crippen LogP contribution >= 0.6 is 11.3 Å². The molecule has 1 aromatic rings. The van der Waals surface area contributed by atoms with Crippen molar-refractivity contribution in [2.75, 3.05) is 25.5 Å².